The van der Waals surface area contributed by atoms with Crippen LogP contribution in [0.2, 0.25) is 0 Å². The van der Waals surface area contributed by atoms with Crippen molar-refractivity contribution in [3.8, 4) is 11.9 Å². The van der Waals surface area contributed by atoms with E-state index in [4.69, 9.17) is 10.00 Å². The Morgan fingerprint density at radius 3 is 3.29 bits per heavy atom. The number of rotatable bonds is 3. The van der Waals surface area contributed by atoms with Crippen molar-refractivity contribution in [3.63, 3.8) is 0 Å². The van der Waals surface area contributed by atoms with Crippen molar-refractivity contribution >= 4 is 0 Å². The van der Waals surface area contributed by atoms with Crippen molar-refractivity contribution in [2.75, 3.05) is 13.7 Å². The second-order valence-electron chi connectivity index (χ2n) is 3.25. The van der Waals surface area contributed by atoms with E-state index in [2.05, 4.69) is 16.0 Å². The highest BCUT2D eigenvalue weighted by atomic mass is 16.5. The summed E-state index contributed by atoms with van der Waals surface area (Å²) in [4.78, 5) is 6.17. The Morgan fingerprint density at radius 1 is 1.79 bits per heavy atom. The van der Waals surface area contributed by atoms with Gasteiger partial charge in [-0.1, -0.05) is 6.07 Å². The number of nitriles is 1. The second-order valence-corrected chi connectivity index (χ2v) is 3.25. The van der Waals surface area contributed by atoms with Crippen LogP contribution in [0.15, 0.2) is 18.3 Å². The highest BCUT2D eigenvalue weighted by Gasteiger charge is 2.34. The van der Waals surface area contributed by atoms with Crippen LogP contribution in [0.4, 0.5) is 0 Å². The van der Waals surface area contributed by atoms with Crippen LogP contribution in [0.25, 0.3) is 0 Å². The minimum atomic E-state index is 0.0833. The minimum Gasteiger partial charge on any atom is -0.481 e. The fourth-order valence-electron chi connectivity index (χ4n) is 1.42. The van der Waals surface area contributed by atoms with Gasteiger partial charge in [0.05, 0.1) is 13.2 Å². The third-order valence-corrected chi connectivity index (χ3v) is 2.28. The number of nitrogens with zero attached hydrogens (tertiary/aromatic N) is 3. The second kappa shape index (κ2) is 3.64. The molecule has 2 heterocycles. The molecule has 2 unspecified atom stereocenters. The van der Waals surface area contributed by atoms with Gasteiger partial charge in [0.1, 0.15) is 6.04 Å². The molecular weight excluding hydrogens is 178 g/mol. The number of hydrogen-bond acceptors (Lipinski definition) is 4. The molecule has 2 atom stereocenters. The van der Waals surface area contributed by atoms with Gasteiger partial charge >= 0.3 is 0 Å². The summed E-state index contributed by atoms with van der Waals surface area (Å²) >= 11 is 0. The van der Waals surface area contributed by atoms with Crippen molar-refractivity contribution in [2.45, 2.75) is 12.6 Å². The summed E-state index contributed by atoms with van der Waals surface area (Å²) in [5.41, 5.74) is 1.03. The fourth-order valence-corrected chi connectivity index (χ4v) is 1.42. The maximum absolute atomic E-state index is 8.64. The summed E-state index contributed by atoms with van der Waals surface area (Å²) < 4.78 is 5.12. The molecule has 0 spiro atoms. The highest BCUT2D eigenvalue weighted by Crippen LogP contribution is 2.23. The molecule has 2 rings (SSSR count). The van der Waals surface area contributed by atoms with Crippen molar-refractivity contribution < 1.29 is 4.74 Å². The summed E-state index contributed by atoms with van der Waals surface area (Å²) in [5.74, 6) is 0.649. The SMILES string of the molecule is COc1ncccc1CN1CC1C#N. The Balaban J connectivity index is 2.06. The Bertz CT molecular complexity index is 372. The number of aromatic nitrogens is 1. The maximum atomic E-state index is 8.64. The number of ether oxygens (including phenoxy) is 1. The Morgan fingerprint density at radius 2 is 2.64 bits per heavy atom. The molecule has 4 nitrogen and oxygen atoms in total. The zero-order chi connectivity index (χ0) is 9.97. The molecule has 1 aliphatic rings. The van der Waals surface area contributed by atoms with Gasteiger partial charge in [-0.05, 0) is 6.07 Å². The van der Waals surface area contributed by atoms with Gasteiger partial charge in [-0.3, -0.25) is 4.90 Å². The Labute approximate surface area is 82.7 Å². The van der Waals surface area contributed by atoms with Crippen LogP contribution in [0.1, 0.15) is 5.56 Å². The first-order chi connectivity index (χ1) is 6.85. The zero-order valence-corrected chi connectivity index (χ0v) is 7.97. The molecule has 1 aliphatic heterocycles. The predicted molar refractivity (Wildman–Crippen MR) is 50.6 cm³/mol. The molecule has 0 aromatic carbocycles. The van der Waals surface area contributed by atoms with E-state index >= 15 is 0 Å². The average molecular weight is 189 g/mol. The summed E-state index contributed by atoms with van der Waals surface area (Å²) in [6.07, 6.45) is 1.70. The maximum Gasteiger partial charge on any atom is 0.217 e. The number of hydrogen-bond donors (Lipinski definition) is 0. The van der Waals surface area contributed by atoms with Crippen LogP contribution in [-0.2, 0) is 6.54 Å². The van der Waals surface area contributed by atoms with Crippen LogP contribution >= 0.6 is 0 Å². The number of methoxy groups -OCH3 is 1. The van der Waals surface area contributed by atoms with E-state index in [1.807, 2.05) is 12.1 Å². The molecule has 1 aromatic rings. The van der Waals surface area contributed by atoms with Crippen molar-refractivity contribution in [1.29, 1.82) is 5.26 Å². The van der Waals surface area contributed by atoms with Gasteiger partial charge in [0, 0.05) is 24.8 Å². The molecule has 0 N–H and O–H groups in total. The van der Waals surface area contributed by atoms with Crippen LogP contribution < -0.4 is 4.74 Å². The molecule has 0 saturated carbocycles. The minimum absolute atomic E-state index is 0.0833. The lowest BCUT2D eigenvalue weighted by molar-refractivity contribution is 0.384. The van der Waals surface area contributed by atoms with Gasteiger partial charge in [-0.2, -0.15) is 5.26 Å². The van der Waals surface area contributed by atoms with E-state index in [9.17, 15) is 0 Å². The van der Waals surface area contributed by atoms with Crippen molar-refractivity contribution in [1.82, 2.24) is 9.88 Å². The molecule has 1 fully saturated rings. The van der Waals surface area contributed by atoms with Gasteiger partial charge in [-0.15, -0.1) is 0 Å². The Hall–Kier alpha value is -1.60. The molecule has 0 amide bonds. The van der Waals surface area contributed by atoms with E-state index in [1.54, 1.807) is 13.3 Å². The lowest BCUT2D eigenvalue weighted by Gasteiger charge is -2.06. The van der Waals surface area contributed by atoms with E-state index in [0.717, 1.165) is 18.7 Å². The van der Waals surface area contributed by atoms with Crippen LogP contribution in [0, 0.1) is 11.3 Å². The molecule has 14 heavy (non-hydrogen) atoms. The molecule has 0 aliphatic carbocycles. The third kappa shape index (κ3) is 1.68. The Kier molecular flexibility index (Phi) is 2.33. The van der Waals surface area contributed by atoms with Gasteiger partial charge < -0.3 is 4.74 Å². The zero-order valence-electron chi connectivity index (χ0n) is 7.97. The molecule has 1 saturated heterocycles. The van der Waals surface area contributed by atoms with E-state index in [1.165, 1.54) is 0 Å². The quantitative estimate of drug-likeness (QED) is 0.660. The molecule has 0 radical (unpaired) electrons. The summed E-state index contributed by atoms with van der Waals surface area (Å²) in [6.45, 7) is 1.60. The first kappa shape index (κ1) is 8.97. The van der Waals surface area contributed by atoms with Gasteiger partial charge in [0.2, 0.25) is 5.88 Å². The topological polar surface area (TPSA) is 48.9 Å². The molecule has 4 heteroatoms. The standard InChI is InChI=1S/C10H11N3O/c1-14-10-8(3-2-4-12-10)6-13-7-9(13)5-11/h2-4,9H,6-7H2,1H3. The predicted octanol–water partition coefficient (Wildman–Crippen LogP) is 0.798. The van der Waals surface area contributed by atoms with Gasteiger partial charge in [0.25, 0.3) is 0 Å². The van der Waals surface area contributed by atoms with E-state index in [0.29, 0.717) is 5.88 Å². The first-order valence-electron chi connectivity index (χ1n) is 4.46. The number of pyridine rings is 1. The van der Waals surface area contributed by atoms with Gasteiger partial charge in [0.15, 0.2) is 0 Å². The van der Waals surface area contributed by atoms with E-state index in [-0.39, 0.29) is 6.04 Å². The normalized spacial score (nSPS) is 24.0. The highest BCUT2D eigenvalue weighted by molar-refractivity contribution is 5.26. The molecular formula is C10H11N3O. The lowest BCUT2D eigenvalue weighted by Crippen LogP contribution is -2.03. The third-order valence-electron chi connectivity index (χ3n) is 2.28. The molecule has 1 aromatic heterocycles. The summed E-state index contributed by atoms with van der Waals surface area (Å²) in [7, 11) is 1.61. The van der Waals surface area contributed by atoms with Crippen molar-refractivity contribution in [2.24, 2.45) is 0 Å². The lowest BCUT2D eigenvalue weighted by atomic mass is 10.2. The summed E-state index contributed by atoms with van der Waals surface area (Å²) in [5, 5.41) is 8.64. The van der Waals surface area contributed by atoms with Gasteiger partial charge in [-0.25, -0.2) is 4.98 Å². The van der Waals surface area contributed by atoms with Crippen LogP contribution in [0.3, 0.4) is 0 Å². The fraction of sp³-hybridized carbons (Fsp3) is 0.400. The molecule has 72 valence electrons. The summed E-state index contributed by atoms with van der Waals surface area (Å²) in [6, 6.07) is 6.14. The first-order valence-corrected chi connectivity index (χ1v) is 4.46. The van der Waals surface area contributed by atoms with Crippen molar-refractivity contribution in [3.05, 3.63) is 23.9 Å². The monoisotopic (exact) mass is 189 g/mol. The van der Waals surface area contributed by atoms with Crippen LogP contribution in [0.5, 0.6) is 5.88 Å². The smallest absolute Gasteiger partial charge is 0.217 e. The van der Waals surface area contributed by atoms with E-state index < -0.39 is 0 Å². The van der Waals surface area contributed by atoms with Crippen LogP contribution in [-0.4, -0.2) is 29.6 Å². The molecule has 0 bridgehead atoms. The average Bonchev–Trinajstić information content (AvgIpc) is 2.97. The largest absolute Gasteiger partial charge is 0.481 e.